The highest BCUT2D eigenvalue weighted by Crippen LogP contribution is 2.79. The van der Waals surface area contributed by atoms with Crippen molar-refractivity contribution in [3.63, 3.8) is 0 Å². The van der Waals surface area contributed by atoms with Gasteiger partial charge >= 0.3 is 5.97 Å². The second kappa shape index (κ2) is 4.75. The number of hydrogen-bond donors (Lipinski definition) is 1. The van der Waals surface area contributed by atoms with Crippen molar-refractivity contribution in [2.75, 3.05) is 7.05 Å². The molecule has 0 amide bonds. The maximum atomic E-state index is 12.9. The maximum absolute atomic E-state index is 12.9. The number of esters is 1. The number of piperidine rings is 1. The lowest BCUT2D eigenvalue weighted by Crippen LogP contribution is -3.02. The summed E-state index contributed by atoms with van der Waals surface area (Å²) in [6, 6.07) is 3.68. The summed E-state index contributed by atoms with van der Waals surface area (Å²) in [6.07, 6.45) is 7.55. The van der Waals surface area contributed by atoms with Crippen LogP contribution in [0.4, 0.5) is 0 Å². The van der Waals surface area contributed by atoms with Gasteiger partial charge in [0.1, 0.15) is 5.60 Å². The fourth-order valence-corrected chi connectivity index (χ4v) is 6.86. The molecule has 1 unspecified atom stereocenters. The van der Waals surface area contributed by atoms with Crippen LogP contribution in [0.15, 0.2) is 36.4 Å². The maximum Gasteiger partial charge on any atom is 0.336 e. The number of rotatable bonds is 3. The largest absolute Gasteiger partial charge is 0.477 e. The second-order valence-corrected chi connectivity index (χ2v) is 8.65. The number of hydrogen-bond acceptors (Lipinski definition) is 6. The summed E-state index contributed by atoms with van der Waals surface area (Å²) in [5.74, 6) is 0.295. The number of allylic oxidation sites excluding steroid dienone is 3. The lowest BCUT2D eigenvalue weighted by Gasteiger charge is -2.85. The monoisotopic (exact) mass is 379 g/mol. The van der Waals surface area contributed by atoms with E-state index in [1.54, 1.807) is 18.2 Å². The molecule has 1 N–H and O–H groups in total. The number of carbonyl (C=O) groups excluding carboxylic acids is 2. The summed E-state index contributed by atoms with van der Waals surface area (Å²) in [7, 11) is 2.01. The van der Waals surface area contributed by atoms with Gasteiger partial charge in [-0.1, -0.05) is 24.3 Å². The van der Waals surface area contributed by atoms with Crippen LogP contribution in [-0.2, 0) is 21.4 Å². The van der Waals surface area contributed by atoms with Crippen LogP contribution < -0.4 is 9.47 Å². The zero-order valence-corrected chi connectivity index (χ0v) is 15.8. The molecule has 6 nitrogen and oxygen atoms in total. The molecule has 2 heterocycles. The Hall–Kier alpha value is -2.44. The van der Waals surface area contributed by atoms with Gasteiger partial charge in [0.25, 0.3) is 0 Å². The van der Waals surface area contributed by atoms with Crippen molar-refractivity contribution in [1.29, 1.82) is 0 Å². The number of ether oxygens (including phenoxy) is 2. The number of aliphatic hydroxyl groups is 1. The number of carbonyl (C=O) groups is 2. The Bertz CT molecular complexity index is 1030. The topological polar surface area (TPSA) is 76.1 Å². The minimum absolute atomic E-state index is 0.00364. The summed E-state index contributed by atoms with van der Waals surface area (Å²) >= 11 is 0. The van der Waals surface area contributed by atoms with Gasteiger partial charge in [-0.2, -0.15) is 0 Å². The van der Waals surface area contributed by atoms with E-state index < -0.39 is 28.6 Å². The first-order chi connectivity index (χ1) is 13.4. The van der Waals surface area contributed by atoms with Crippen molar-refractivity contribution < 1.29 is 24.2 Å². The number of likely N-dealkylation sites (tertiary alicyclic amines) is 1. The first kappa shape index (κ1) is 16.5. The fourth-order valence-electron chi connectivity index (χ4n) is 6.86. The molecule has 6 heteroatoms. The molecule has 1 aromatic carbocycles. The average Bonchev–Trinajstić information content (AvgIpc) is 3.04. The van der Waals surface area contributed by atoms with Gasteiger partial charge in [-0.05, 0) is 38.4 Å². The quantitative estimate of drug-likeness (QED) is 0.371. The van der Waals surface area contributed by atoms with Crippen LogP contribution >= 0.6 is 0 Å². The number of Topliss-reactive ketones (excluding diaryl/α,β-unsaturated/α-hetero) is 1. The first-order valence-corrected chi connectivity index (χ1v) is 9.73. The van der Waals surface area contributed by atoms with Gasteiger partial charge in [0.2, 0.25) is 0 Å². The number of ketones is 1. The summed E-state index contributed by atoms with van der Waals surface area (Å²) < 4.78 is 11.7. The van der Waals surface area contributed by atoms with E-state index in [1.165, 1.54) is 6.08 Å². The molecule has 2 spiro atoms. The van der Waals surface area contributed by atoms with Crippen LogP contribution in [-0.4, -0.2) is 52.1 Å². The molecule has 144 valence electrons. The van der Waals surface area contributed by atoms with Gasteiger partial charge in [-0.3, -0.25) is 9.69 Å². The fraction of sp³-hybridized carbons (Fsp3) is 0.455. The van der Waals surface area contributed by atoms with Crippen LogP contribution in [0.5, 0.6) is 11.5 Å². The minimum Gasteiger partial charge on any atom is -0.477 e. The molecule has 6 aliphatic rings. The Morgan fingerprint density at radius 1 is 1.39 bits per heavy atom. The Morgan fingerprint density at radius 3 is 3.00 bits per heavy atom. The number of nitrogens with zero attached hydrogens (tertiary/aromatic N) is 1. The molecule has 5 atom stereocenters. The molecule has 4 aliphatic carbocycles. The van der Waals surface area contributed by atoms with E-state index in [-0.39, 0.29) is 11.8 Å². The SMILES string of the molecule is C/C=C/C=C/C(=O)Oc1ccc2c3c1O[C@H]1C(=O)CC45C[C@]31[C@]4(O)[C@@H](C2)N5C. The Morgan fingerprint density at radius 2 is 2.21 bits per heavy atom. The molecule has 1 saturated heterocycles. The predicted molar refractivity (Wildman–Crippen MR) is 99.3 cm³/mol. The predicted octanol–water partition coefficient (Wildman–Crippen LogP) is 1.44. The van der Waals surface area contributed by atoms with Gasteiger partial charge in [0, 0.05) is 24.1 Å². The lowest BCUT2D eigenvalue weighted by atomic mass is 9.29. The van der Waals surface area contributed by atoms with Gasteiger partial charge in [0.05, 0.1) is 11.0 Å². The summed E-state index contributed by atoms with van der Waals surface area (Å²) in [4.78, 5) is 27.2. The molecule has 3 saturated carbocycles. The zero-order valence-electron chi connectivity index (χ0n) is 15.8. The highest BCUT2D eigenvalue weighted by atomic mass is 16.6. The Balaban J connectivity index is 1.47. The molecule has 28 heavy (non-hydrogen) atoms. The van der Waals surface area contributed by atoms with Crippen LogP contribution in [0.25, 0.3) is 0 Å². The number of fused-ring (bicyclic) bond motifs is 1. The van der Waals surface area contributed by atoms with E-state index in [0.717, 1.165) is 11.1 Å². The van der Waals surface area contributed by atoms with E-state index in [4.69, 9.17) is 9.47 Å². The zero-order chi connectivity index (χ0) is 19.5. The van der Waals surface area contributed by atoms with Gasteiger partial charge in [0.15, 0.2) is 23.4 Å². The molecular formula is C22H21NO5. The molecular weight excluding hydrogens is 358 g/mol. The van der Waals surface area contributed by atoms with Gasteiger partial charge in [-0.25, -0.2) is 4.79 Å². The normalized spacial score (nSPS) is 41.5. The van der Waals surface area contributed by atoms with Crippen molar-refractivity contribution in [2.24, 2.45) is 0 Å². The number of benzene rings is 1. The highest BCUT2D eigenvalue weighted by molar-refractivity contribution is 5.95. The minimum atomic E-state index is -0.944. The smallest absolute Gasteiger partial charge is 0.336 e. The van der Waals surface area contributed by atoms with Gasteiger partial charge < -0.3 is 14.6 Å². The molecule has 2 aliphatic heterocycles. The highest BCUT2D eigenvalue weighted by Gasteiger charge is 2.93. The van der Waals surface area contributed by atoms with Crippen LogP contribution in [0.1, 0.15) is 30.9 Å². The third-order valence-electron chi connectivity index (χ3n) is 7.84. The van der Waals surface area contributed by atoms with Crippen molar-refractivity contribution in [1.82, 2.24) is 4.90 Å². The Labute approximate surface area is 162 Å². The lowest BCUT2D eigenvalue weighted by molar-refractivity contribution is -0.378. The summed E-state index contributed by atoms with van der Waals surface area (Å²) in [5, 5.41) is 11.8. The van der Waals surface area contributed by atoms with Crippen molar-refractivity contribution in [3.05, 3.63) is 47.6 Å². The van der Waals surface area contributed by atoms with E-state index in [0.29, 0.717) is 30.8 Å². The molecule has 0 aromatic heterocycles. The van der Waals surface area contributed by atoms with E-state index in [1.807, 2.05) is 26.1 Å². The van der Waals surface area contributed by atoms with Gasteiger partial charge in [-0.15, -0.1) is 0 Å². The van der Waals surface area contributed by atoms with Crippen molar-refractivity contribution >= 4 is 11.8 Å². The third kappa shape index (κ3) is 1.40. The van der Waals surface area contributed by atoms with E-state index >= 15 is 0 Å². The number of likely N-dealkylation sites (N-methyl/N-ethyl adjacent to an activating group) is 1. The van der Waals surface area contributed by atoms with Crippen LogP contribution in [0.2, 0.25) is 0 Å². The van der Waals surface area contributed by atoms with E-state index in [2.05, 4.69) is 4.90 Å². The van der Waals surface area contributed by atoms with Crippen molar-refractivity contribution in [2.45, 2.75) is 54.9 Å². The standard InChI is InChI=1S/C22H21NO5/c1-3-4-5-6-16(25)27-14-8-7-12-9-15-22(26)20(23(15)2)10-13(24)19-21(22,11-20)17(12)18(14)28-19/h3-8,15,19,26H,9-11H2,1-2H3/b4-3+,6-5+/t15-,19+,20?,21+,22+/m1/s1. The average molecular weight is 379 g/mol. The molecule has 2 bridgehead atoms. The molecule has 0 radical (unpaired) electrons. The summed E-state index contributed by atoms with van der Waals surface area (Å²) in [5.41, 5.74) is -0.149. The second-order valence-electron chi connectivity index (χ2n) is 8.65. The Kier molecular flexibility index (Phi) is 2.80. The summed E-state index contributed by atoms with van der Waals surface area (Å²) in [6.45, 7) is 1.86. The van der Waals surface area contributed by atoms with E-state index in [9.17, 15) is 14.7 Å². The third-order valence-corrected chi connectivity index (χ3v) is 7.84. The molecule has 1 aromatic rings. The van der Waals surface area contributed by atoms with Crippen molar-refractivity contribution in [3.8, 4) is 11.5 Å². The van der Waals surface area contributed by atoms with Crippen LogP contribution in [0.3, 0.4) is 0 Å². The van der Waals surface area contributed by atoms with Crippen LogP contribution in [0, 0.1) is 0 Å². The first-order valence-electron chi connectivity index (χ1n) is 9.73. The molecule has 4 fully saturated rings. The molecule has 7 rings (SSSR count).